The lowest BCUT2D eigenvalue weighted by molar-refractivity contribution is -0.292. The molecular formula is C10H9F5N6O. The van der Waals surface area contributed by atoms with Gasteiger partial charge in [0.25, 0.3) is 0 Å². The number of halogens is 5. The Morgan fingerprint density at radius 1 is 1.27 bits per heavy atom. The molecule has 0 fully saturated rings. The van der Waals surface area contributed by atoms with Gasteiger partial charge in [0.1, 0.15) is 18.5 Å². The SMILES string of the molecule is CCCc1nc(C(F)(F)C(F)(F)F)nn1C(=O)n1cncn1. The van der Waals surface area contributed by atoms with Crippen molar-refractivity contribution in [3.63, 3.8) is 0 Å². The average molecular weight is 324 g/mol. The molecule has 0 atom stereocenters. The fourth-order valence-electron chi connectivity index (χ4n) is 1.55. The van der Waals surface area contributed by atoms with E-state index in [0.29, 0.717) is 15.8 Å². The summed E-state index contributed by atoms with van der Waals surface area (Å²) in [5.41, 5.74) is 0. The van der Waals surface area contributed by atoms with Crippen molar-refractivity contribution in [3.05, 3.63) is 24.3 Å². The number of hydrogen-bond donors (Lipinski definition) is 0. The Kier molecular flexibility index (Phi) is 3.94. The lowest BCUT2D eigenvalue weighted by atomic mass is 10.3. The normalized spacial score (nSPS) is 12.6. The van der Waals surface area contributed by atoms with E-state index >= 15 is 0 Å². The molecular weight excluding hydrogens is 315 g/mol. The zero-order valence-corrected chi connectivity index (χ0v) is 11.1. The molecule has 12 heteroatoms. The van der Waals surface area contributed by atoms with Crippen molar-refractivity contribution in [1.29, 1.82) is 0 Å². The van der Waals surface area contributed by atoms with Crippen LogP contribution in [0.2, 0.25) is 0 Å². The number of rotatable bonds is 3. The third-order valence-corrected chi connectivity index (χ3v) is 2.58. The second-order valence-electron chi connectivity index (χ2n) is 4.21. The van der Waals surface area contributed by atoms with Gasteiger partial charge in [-0.3, -0.25) is 0 Å². The maximum atomic E-state index is 13.3. The Hall–Kier alpha value is -2.40. The van der Waals surface area contributed by atoms with E-state index in [0.717, 1.165) is 12.7 Å². The number of carbonyl (C=O) groups is 1. The standard InChI is InChI=1S/C10H9F5N6O/c1-2-3-6-18-7(9(11,12)10(13,14)15)19-21(6)8(22)20-5-16-4-17-20/h4-5H,2-3H2,1H3. The number of aromatic nitrogens is 6. The van der Waals surface area contributed by atoms with Crippen LogP contribution in [0.15, 0.2) is 12.7 Å². The Bertz CT molecular complexity index is 662. The highest BCUT2D eigenvalue weighted by atomic mass is 19.4. The molecule has 0 unspecified atom stereocenters. The molecule has 2 heterocycles. The monoisotopic (exact) mass is 324 g/mol. The molecule has 0 saturated carbocycles. The van der Waals surface area contributed by atoms with Crippen LogP contribution in [0, 0.1) is 0 Å². The van der Waals surface area contributed by atoms with Crippen LogP contribution in [0.4, 0.5) is 26.7 Å². The van der Waals surface area contributed by atoms with Gasteiger partial charge >= 0.3 is 18.1 Å². The van der Waals surface area contributed by atoms with Crippen LogP contribution >= 0.6 is 0 Å². The first-order valence-corrected chi connectivity index (χ1v) is 5.98. The van der Waals surface area contributed by atoms with E-state index in [1.54, 1.807) is 6.92 Å². The number of carbonyl (C=O) groups excluding carboxylic acids is 1. The van der Waals surface area contributed by atoms with Gasteiger partial charge in [-0.25, -0.2) is 14.8 Å². The molecule has 7 nitrogen and oxygen atoms in total. The van der Waals surface area contributed by atoms with Crippen molar-refractivity contribution in [2.75, 3.05) is 0 Å². The molecule has 120 valence electrons. The third kappa shape index (κ3) is 2.67. The quantitative estimate of drug-likeness (QED) is 0.807. The molecule has 2 rings (SSSR count). The van der Waals surface area contributed by atoms with Crippen molar-refractivity contribution in [3.8, 4) is 0 Å². The maximum Gasteiger partial charge on any atom is 0.461 e. The summed E-state index contributed by atoms with van der Waals surface area (Å²) < 4.78 is 64.7. The van der Waals surface area contributed by atoms with Gasteiger partial charge in [-0.2, -0.15) is 36.4 Å². The van der Waals surface area contributed by atoms with E-state index in [1.165, 1.54) is 0 Å². The van der Waals surface area contributed by atoms with Crippen molar-refractivity contribution >= 4 is 6.03 Å². The highest BCUT2D eigenvalue weighted by Gasteiger charge is 2.62. The van der Waals surface area contributed by atoms with Gasteiger partial charge in [-0.15, -0.1) is 5.10 Å². The van der Waals surface area contributed by atoms with Crippen LogP contribution in [0.1, 0.15) is 25.0 Å². The lowest BCUT2D eigenvalue weighted by Gasteiger charge is -2.15. The second kappa shape index (κ2) is 5.42. The summed E-state index contributed by atoms with van der Waals surface area (Å²) >= 11 is 0. The van der Waals surface area contributed by atoms with Gasteiger partial charge < -0.3 is 0 Å². The Morgan fingerprint density at radius 3 is 2.45 bits per heavy atom. The molecule has 2 aromatic rings. The van der Waals surface area contributed by atoms with Gasteiger partial charge in [0.15, 0.2) is 0 Å². The molecule has 22 heavy (non-hydrogen) atoms. The van der Waals surface area contributed by atoms with Crippen LogP contribution < -0.4 is 0 Å². The Balaban J connectivity index is 2.49. The Morgan fingerprint density at radius 2 is 1.95 bits per heavy atom. The minimum absolute atomic E-state index is 0.0125. The van der Waals surface area contributed by atoms with E-state index in [4.69, 9.17) is 0 Å². The van der Waals surface area contributed by atoms with Crippen LogP contribution in [0.5, 0.6) is 0 Å². The van der Waals surface area contributed by atoms with Crippen molar-refractivity contribution in [2.45, 2.75) is 31.9 Å². The lowest BCUT2D eigenvalue weighted by Crippen LogP contribution is -2.35. The highest BCUT2D eigenvalue weighted by molar-refractivity contribution is 5.77. The first-order chi connectivity index (χ1) is 10.2. The van der Waals surface area contributed by atoms with E-state index in [1.807, 2.05) is 0 Å². The van der Waals surface area contributed by atoms with E-state index in [9.17, 15) is 26.7 Å². The van der Waals surface area contributed by atoms with Crippen LogP contribution in [0.25, 0.3) is 0 Å². The molecule has 0 radical (unpaired) electrons. The zero-order chi connectivity index (χ0) is 16.5. The topological polar surface area (TPSA) is 78.5 Å². The molecule has 0 aliphatic carbocycles. The van der Waals surface area contributed by atoms with E-state index in [2.05, 4.69) is 20.2 Å². The summed E-state index contributed by atoms with van der Waals surface area (Å²) in [4.78, 5) is 18.6. The maximum absolute atomic E-state index is 13.3. The summed E-state index contributed by atoms with van der Waals surface area (Å²) in [6.07, 6.45) is -3.55. The first kappa shape index (κ1) is 16.0. The van der Waals surface area contributed by atoms with Gasteiger partial charge in [-0.1, -0.05) is 6.92 Å². The molecule has 0 aromatic carbocycles. The van der Waals surface area contributed by atoms with Crippen LogP contribution in [-0.4, -0.2) is 41.7 Å². The molecule has 0 aliphatic rings. The fourth-order valence-corrected chi connectivity index (χ4v) is 1.55. The summed E-state index contributed by atoms with van der Waals surface area (Å²) in [5, 5.41) is 6.49. The van der Waals surface area contributed by atoms with E-state index < -0.39 is 24.0 Å². The van der Waals surface area contributed by atoms with Crippen molar-refractivity contribution < 1.29 is 26.7 Å². The van der Waals surface area contributed by atoms with Crippen LogP contribution in [0.3, 0.4) is 0 Å². The minimum atomic E-state index is -5.86. The number of hydrogen-bond acceptors (Lipinski definition) is 5. The average Bonchev–Trinajstić information content (AvgIpc) is 3.06. The largest absolute Gasteiger partial charge is 0.461 e. The van der Waals surface area contributed by atoms with Crippen molar-refractivity contribution in [2.24, 2.45) is 0 Å². The zero-order valence-electron chi connectivity index (χ0n) is 11.1. The molecule has 0 bridgehead atoms. The predicted molar refractivity (Wildman–Crippen MR) is 60.2 cm³/mol. The summed E-state index contributed by atoms with van der Waals surface area (Å²) in [6.45, 7) is 1.64. The number of alkyl halides is 5. The van der Waals surface area contributed by atoms with E-state index in [-0.39, 0.29) is 12.2 Å². The van der Waals surface area contributed by atoms with Crippen molar-refractivity contribution in [1.82, 2.24) is 29.5 Å². The highest BCUT2D eigenvalue weighted by Crippen LogP contribution is 2.42. The van der Waals surface area contributed by atoms with Crippen LogP contribution in [-0.2, 0) is 12.3 Å². The molecule has 0 amide bonds. The molecule has 2 aromatic heterocycles. The Labute approximate surface area is 119 Å². The third-order valence-electron chi connectivity index (χ3n) is 2.58. The molecule has 0 saturated heterocycles. The molecule has 0 N–H and O–H groups in total. The summed E-state index contributed by atoms with van der Waals surface area (Å²) in [5.74, 6) is -7.36. The minimum Gasteiger partial charge on any atom is -0.243 e. The summed E-state index contributed by atoms with van der Waals surface area (Å²) in [6, 6.07) is -1.06. The van der Waals surface area contributed by atoms with Gasteiger partial charge in [0.05, 0.1) is 0 Å². The predicted octanol–water partition coefficient (Wildman–Crippen LogP) is 1.99. The number of aryl methyl sites for hydroxylation is 1. The first-order valence-electron chi connectivity index (χ1n) is 5.98. The van der Waals surface area contributed by atoms with Gasteiger partial charge in [0.2, 0.25) is 5.82 Å². The fraction of sp³-hybridized carbons (Fsp3) is 0.500. The van der Waals surface area contributed by atoms with Gasteiger partial charge in [0, 0.05) is 6.42 Å². The molecule has 0 aliphatic heterocycles. The second-order valence-corrected chi connectivity index (χ2v) is 4.21. The number of nitrogens with zero attached hydrogens (tertiary/aromatic N) is 6. The summed E-state index contributed by atoms with van der Waals surface area (Å²) in [7, 11) is 0. The smallest absolute Gasteiger partial charge is 0.243 e. The molecule has 0 spiro atoms. The van der Waals surface area contributed by atoms with Gasteiger partial charge in [-0.05, 0) is 6.42 Å².